The molecule has 0 spiro atoms. The molecule has 2 aromatic rings. The van der Waals surface area contributed by atoms with Gasteiger partial charge < -0.3 is 0 Å². The molecule has 0 aliphatic carbocycles. The minimum atomic E-state index is -0.537. The van der Waals surface area contributed by atoms with Crippen molar-refractivity contribution >= 4 is 15.9 Å². The molecule has 0 unspecified atom stereocenters. The Morgan fingerprint density at radius 2 is 1.77 bits per heavy atom. The smallest absolute Gasteiger partial charge is 0.233 e. The number of benzene rings is 2. The van der Waals surface area contributed by atoms with E-state index < -0.39 is 6.04 Å². The van der Waals surface area contributed by atoms with Crippen LogP contribution in [0.4, 0.5) is 0 Å². The molecule has 0 bridgehead atoms. The summed E-state index contributed by atoms with van der Waals surface area (Å²) in [7, 11) is 0. The Kier molecular flexibility index (Phi) is 4.55. The molecule has 4 nitrogen and oxygen atoms in total. The van der Waals surface area contributed by atoms with Crippen molar-refractivity contribution in [1.82, 2.24) is 4.90 Å². The molecule has 0 N–H and O–H groups in total. The fraction of sp³-hybridized carbons (Fsp3) is 0.294. The summed E-state index contributed by atoms with van der Waals surface area (Å²) in [6.45, 7) is 1.99. The van der Waals surface area contributed by atoms with Gasteiger partial charge in [-0.25, -0.2) is 0 Å². The first-order chi connectivity index (χ1) is 10.6. The van der Waals surface area contributed by atoms with Crippen molar-refractivity contribution in [1.29, 1.82) is 0 Å². The Balaban J connectivity index is 1.77. The molecule has 0 amide bonds. The van der Waals surface area contributed by atoms with E-state index >= 15 is 0 Å². The van der Waals surface area contributed by atoms with Gasteiger partial charge in [-0.15, -0.1) is 0 Å². The van der Waals surface area contributed by atoms with Gasteiger partial charge in [0.05, 0.1) is 12.5 Å². The molecule has 2 aromatic carbocycles. The number of hydrogen-bond donors (Lipinski definition) is 0. The molecule has 0 aromatic heterocycles. The van der Waals surface area contributed by atoms with Gasteiger partial charge in [-0.1, -0.05) is 58.4 Å². The van der Waals surface area contributed by atoms with Crippen molar-refractivity contribution in [3.05, 3.63) is 80.3 Å². The lowest BCUT2D eigenvalue weighted by Crippen LogP contribution is -2.28. The van der Waals surface area contributed by atoms with Gasteiger partial charge in [-0.3, -0.25) is 15.0 Å². The zero-order valence-electron chi connectivity index (χ0n) is 12.1. The van der Waals surface area contributed by atoms with Crippen LogP contribution in [0.2, 0.25) is 0 Å². The maximum absolute atomic E-state index is 11.4. The molecular formula is C17H17BrN2O2. The number of nitro groups is 1. The van der Waals surface area contributed by atoms with E-state index in [1.807, 2.05) is 42.5 Å². The Hall–Kier alpha value is -1.72. The van der Waals surface area contributed by atoms with Gasteiger partial charge in [-0.05, 0) is 23.3 Å². The molecule has 1 aliphatic heterocycles. The molecule has 1 saturated heterocycles. The van der Waals surface area contributed by atoms with Crippen LogP contribution in [0.3, 0.4) is 0 Å². The summed E-state index contributed by atoms with van der Waals surface area (Å²) in [5, 5.41) is 11.4. The van der Waals surface area contributed by atoms with E-state index in [1.165, 1.54) is 5.56 Å². The molecule has 5 heteroatoms. The normalized spacial score (nSPS) is 21.9. The lowest BCUT2D eigenvalue weighted by atomic mass is 9.95. The van der Waals surface area contributed by atoms with Crippen molar-refractivity contribution < 1.29 is 4.92 Å². The van der Waals surface area contributed by atoms with Crippen LogP contribution in [-0.2, 0) is 6.54 Å². The topological polar surface area (TPSA) is 46.4 Å². The average Bonchev–Trinajstić information content (AvgIpc) is 2.93. The van der Waals surface area contributed by atoms with E-state index in [-0.39, 0.29) is 10.8 Å². The number of rotatable bonds is 4. The zero-order valence-corrected chi connectivity index (χ0v) is 13.6. The van der Waals surface area contributed by atoms with Crippen LogP contribution in [0.1, 0.15) is 17.0 Å². The van der Waals surface area contributed by atoms with Gasteiger partial charge >= 0.3 is 0 Å². The highest BCUT2D eigenvalue weighted by Crippen LogP contribution is 2.31. The quantitative estimate of drug-likeness (QED) is 0.616. The first kappa shape index (κ1) is 15.2. The summed E-state index contributed by atoms with van der Waals surface area (Å²) >= 11 is 3.41. The lowest BCUT2D eigenvalue weighted by Gasteiger charge is -2.15. The highest BCUT2D eigenvalue weighted by atomic mass is 79.9. The fourth-order valence-electron chi connectivity index (χ4n) is 3.09. The summed E-state index contributed by atoms with van der Waals surface area (Å²) in [6, 6.07) is 17.4. The third-order valence-corrected chi connectivity index (χ3v) is 4.71. The maximum Gasteiger partial charge on any atom is 0.233 e. The molecule has 2 atom stereocenters. The van der Waals surface area contributed by atoms with E-state index in [0.717, 1.165) is 23.1 Å². The number of nitrogens with zero attached hydrogens (tertiary/aromatic N) is 2. The van der Waals surface area contributed by atoms with Crippen LogP contribution in [-0.4, -0.2) is 29.0 Å². The van der Waals surface area contributed by atoms with E-state index in [2.05, 4.69) is 33.0 Å². The predicted octanol–water partition coefficient (Wildman–Crippen LogP) is 3.69. The molecule has 1 heterocycles. The number of hydrogen-bond acceptors (Lipinski definition) is 3. The van der Waals surface area contributed by atoms with E-state index in [1.54, 1.807) is 0 Å². The van der Waals surface area contributed by atoms with Crippen LogP contribution in [0, 0.1) is 10.1 Å². The van der Waals surface area contributed by atoms with Gasteiger partial charge in [-0.2, -0.15) is 0 Å². The van der Waals surface area contributed by atoms with Crippen LogP contribution in [0.25, 0.3) is 0 Å². The molecule has 114 valence electrons. The van der Waals surface area contributed by atoms with Gasteiger partial charge in [0.1, 0.15) is 0 Å². The summed E-state index contributed by atoms with van der Waals surface area (Å²) in [6.07, 6.45) is 0. The van der Waals surface area contributed by atoms with Gasteiger partial charge in [0, 0.05) is 22.5 Å². The Morgan fingerprint density at radius 1 is 1.09 bits per heavy atom. The predicted molar refractivity (Wildman–Crippen MR) is 89.4 cm³/mol. The molecule has 1 fully saturated rings. The maximum atomic E-state index is 11.4. The van der Waals surface area contributed by atoms with Gasteiger partial charge in [0.15, 0.2) is 0 Å². The van der Waals surface area contributed by atoms with E-state index in [4.69, 9.17) is 0 Å². The zero-order chi connectivity index (χ0) is 15.5. The van der Waals surface area contributed by atoms with Crippen molar-refractivity contribution in [2.75, 3.05) is 13.1 Å². The van der Waals surface area contributed by atoms with Crippen LogP contribution < -0.4 is 0 Å². The molecular weight excluding hydrogens is 344 g/mol. The number of halogens is 1. The minimum Gasteiger partial charge on any atom is -0.292 e. The second-order valence-electron chi connectivity index (χ2n) is 5.69. The first-order valence-corrected chi connectivity index (χ1v) is 8.08. The third kappa shape index (κ3) is 3.36. The summed E-state index contributed by atoms with van der Waals surface area (Å²) < 4.78 is 0.994. The van der Waals surface area contributed by atoms with Crippen molar-refractivity contribution in [2.45, 2.75) is 18.5 Å². The summed E-state index contributed by atoms with van der Waals surface area (Å²) in [4.78, 5) is 13.5. The van der Waals surface area contributed by atoms with Crippen molar-refractivity contribution in [3.63, 3.8) is 0 Å². The third-order valence-electron chi connectivity index (χ3n) is 4.18. The SMILES string of the molecule is O=[N+]([O-])[C@H]1CN(Cc2ccccc2)C[C@H]1c1ccc(Br)cc1. The van der Waals surface area contributed by atoms with Crippen molar-refractivity contribution in [2.24, 2.45) is 0 Å². The fourth-order valence-corrected chi connectivity index (χ4v) is 3.35. The van der Waals surface area contributed by atoms with E-state index in [9.17, 15) is 10.1 Å². The highest BCUT2D eigenvalue weighted by molar-refractivity contribution is 9.10. The minimum absolute atomic E-state index is 0.0492. The highest BCUT2D eigenvalue weighted by Gasteiger charge is 2.41. The summed E-state index contributed by atoms with van der Waals surface area (Å²) in [5.41, 5.74) is 2.24. The Morgan fingerprint density at radius 3 is 2.41 bits per heavy atom. The van der Waals surface area contributed by atoms with Crippen molar-refractivity contribution in [3.8, 4) is 0 Å². The molecule has 0 radical (unpaired) electrons. The monoisotopic (exact) mass is 360 g/mol. The van der Waals surface area contributed by atoms with Crippen LogP contribution in [0.5, 0.6) is 0 Å². The molecule has 22 heavy (non-hydrogen) atoms. The molecule has 1 aliphatic rings. The average molecular weight is 361 g/mol. The van der Waals surface area contributed by atoms with Gasteiger partial charge in [0.25, 0.3) is 0 Å². The molecule has 0 saturated carbocycles. The standard InChI is InChI=1S/C17H17BrN2O2/c18-15-8-6-14(7-9-15)16-11-19(12-17(16)20(21)22)10-13-4-2-1-3-5-13/h1-9,16-17H,10-12H2/t16-,17-/m0/s1. The summed E-state index contributed by atoms with van der Waals surface area (Å²) in [5.74, 6) is -0.0492. The first-order valence-electron chi connectivity index (χ1n) is 7.29. The van der Waals surface area contributed by atoms with Gasteiger partial charge in [0.2, 0.25) is 6.04 Å². The second kappa shape index (κ2) is 6.58. The Labute approximate surface area is 138 Å². The van der Waals surface area contributed by atoms with Crippen LogP contribution >= 0.6 is 15.9 Å². The second-order valence-corrected chi connectivity index (χ2v) is 6.61. The largest absolute Gasteiger partial charge is 0.292 e. The van der Waals surface area contributed by atoms with Crippen LogP contribution in [0.15, 0.2) is 59.1 Å². The number of likely N-dealkylation sites (tertiary alicyclic amines) is 1. The lowest BCUT2D eigenvalue weighted by molar-refractivity contribution is -0.521. The molecule has 3 rings (SSSR count). The van der Waals surface area contributed by atoms with E-state index in [0.29, 0.717) is 6.54 Å². The Bertz CT molecular complexity index is 645.